The van der Waals surface area contributed by atoms with Crippen molar-refractivity contribution >= 4 is 0 Å². The van der Waals surface area contributed by atoms with E-state index >= 15 is 0 Å². The van der Waals surface area contributed by atoms with Gasteiger partial charge in [-0.2, -0.15) is 5.10 Å². The van der Waals surface area contributed by atoms with Crippen LogP contribution in [0.3, 0.4) is 0 Å². The molecule has 0 amide bonds. The summed E-state index contributed by atoms with van der Waals surface area (Å²) in [4.78, 5) is 0. The van der Waals surface area contributed by atoms with Gasteiger partial charge in [-0.3, -0.25) is 4.68 Å². The van der Waals surface area contributed by atoms with Gasteiger partial charge >= 0.3 is 0 Å². The summed E-state index contributed by atoms with van der Waals surface area (Å²) in [6.45, 7) is 13.3. The first kappa shape index (κ1) is 17.2. The predicted molar refractivity (Wildman–Crippen MR) is 87.1 cm³/mol. The van der Waals surface area contributed by atoms with Gasteiger partial charge in [-0.15, -0.1) is 0 Å². The highest BCUT2D eigenvalue weighted by molar-refractivity contribution is 5.12. The van der Waals surface area contributed by atoms with Gasteiger partial charge in [0.1, 0.15) is 0 Å². The average Bonchev–Trinajstić information content (AvgIpc) is 2.85. The zero-order valence-electron chi connectivity index (χ0n) is 14.1. The molecule has 3 nitrogen and oxygen atoms in total. The molecule has 1 aromatic rings. The number of nitrogens with one attached hydrogen (secondary N) is 1. The fraction of sp³-hybridized carbons (Fsp3) is 0.824. The highest BCUT2D eigenvalue weighted by Gasteiger charge is 2.18. The summed E-state index contributed by atoms with van der Waals surface area (Å²) >= 11 is 0. The first-order valence-electron chi connectivity index (χ1n) is 8.45. The van der Waals surface area contributed by atoms with Gasteiger partial charge in [0.15, 0.2) is 0 Å². The van der Waals surface area contributed by atoms with Crippen molar-refractivity contribution in [1.29, 1.82) is 0 Å². The number of hydrogen-bond donors (Lipinski definition) is 1. The van der Waals surface area contributed by atoms with E-state index in [1.165, 1.54) is 30.7 Å². The number of aromatic nitrogens is 2. The second kappa shape index (κ2) is 9.17. The molecule has 0 saturated heterocycles. The van der Waals surface area contributed by atoms with E-state index in [-0.39, 0.29) is 0 Å². The molecule has 0 bridgehead atoms. The van der Waals surface area contributed by atoms with Gasteiger partial charge in [0.2, 0.25) is 0 Å². The zero-order chi connectivity index (χ0) is 15.0. The molecule has 0 aromatic carbocycles. The summed E-state index contributed by atoms with van der Waals surface area (Å²) in [6.07, 6.45) is 5.88. The maximum Gasteiger partial charge on any atom is 0.0624 e. The molecule has 1 rings (SSSR count). The van der Waals surface area contributed by atoms with Crippen molar-refractivity contribution < 1.29 is 0 Å². The third-order valence-electron chi connectivity index (χ3n) is 4.09. The van der Waals surface area contributed by atoms with Crippen LogP contribution in [0.25, 0.3) is 0 Å². The Bertz CT molecular complexity index is 370. The van der Waals surface area contributed by atoms with Crippen LogP contribution in [-0.2, 0) is 19.4 Å². The molecular formula is C17H33N3. The maximum absolute atomic E-state index is 4.67. The summed E-state index contributed by atoms with van der Waals surface area (Å²) in [6, 6.07) is 2.87. The van der Waals surface area contributed by atoms with E-state index in [1.807, 2.05) is 0 Å². The van der Waals surface area contributed by atoms with Crippen molar-refractivity contribution in [2.75, 3.05) is 6.54 Å². The summed E-state index contributed by atoms with van der Waals surface area (Å²) in [5, 5.41) is 8.41. The van der Waals surface area contributed by atoms with E-state index in [2.05, 4.69) is 55.8 Å². The van der Waals surface area contributed by atoms with Crippen LogP contribution in [0.15, 0.2) is 6.07 Å². The molecule has 0 radical (unpaired) electrons. The molecule has 0 aliphatic rings. The lowest BCUT2D eigenvalue weighted by Crippen LogP contribution is -2.38. The highest BCUT2D eigenvalue weighted by atomic mass is 15.3. The van der Waals surface area contributed by atoms with Crippen LogP contribution >= 0.6 is 0 Å². The van der Waals surface area contributed by atoms with Crippen LogP contribution in [0, 0.1) is 5.92 Å². The second-order valence-corrected chi connectivity index (χ2v) is 5.83. The Balaban J connectivity index is 2.79. The largest absolute Gasteiger partial charge is 0.313 e. The normalized spacial score (nSPS) is 14.4. The molecule has 1 heterocycles. The Morgan fingerprint density at radius 1 is 1.20 bits per heavy atom. The Kier molecular flexibility index (Phi) is 7.90. The van der Waals surface area contributed by atoms with Gasteiger partial charge in [-0.05, 0) is 44.7 Å². The summed E-state index contributed by atoms with van der Waals surface area (Å²) in [7, 11) is 0. The third-order valence-corrected chi connectivity index (χ3v) is 4.09. The third kappa shape index (κ3) is 4.93. The lowest BCUT2D eigenvalue weighted by Gasteiger charge is -2.25. The van der Waals surface area contributed by atoms with Gasteiger partial charge in [-0.1, -0.05) is 34.1 Å². The van der Waals surface area contributed by atoms with Crippen LogP contribution < -0.4 is 5.32 Å². The van der Waals surface area contributed by atoms with Gasteiger partial charge in [0, 0.05) is 24.7 Å². The number of aryl methyl sites for hydroxylation is 2. The quantitative estimate of drug-likeness (QED) is 0.706. The fourth-order valence-corrected chi connectivity index (χ4v) is 2.81. The van der Waals surface area contributed by atoms with Crippen molar-refractivity contribution in [2.24, 2.45) is 5.92 Å². The average molecular weight is 279 g/mol. The van der Waals surface area contributed by atoms with E-state index < -0.39 is 0 Å². The minimum atomic E-state index is 0.571. The van der Waals surface area contributed by atoms with E-state index in [0.717, 1.165) is 31.8 Å². The van der Waals surface area contributed by atoms with Crippen molar-refractivity contribution in [3.8, 4) is 0 Å². The van der Waals surface area contributed by atoms with E-state index in [0.29, 0.717) is 6.04 Å². The van der Waals surface area contributed by atoms with Crippen molar-refractivity contribution in [1.82, 2.24) is 15.1 Å². The Labute approximate surface area is 125 Å². The van der Waals surface area contributed by atoms with Crippen LogP contribution in [0.1, 0.15) is 65.3 Å². The second-order valence-electron chi connectivity index (χ2n) is 5.83. The Hall–Kier alpha value is -0.830. The molecule has 1 N–H and O–H groups in total. The minimum Gasteiger partial charge on any atom is -0.313 e. The fourth-order valence-electron chi connectivity index (χ4n) is 2.81. The predicted octanol–water partition coefficient (Wildman–Crippen LogP) is 3.81. The molecule has 3 heteroatoms. The number of rotatable bonds is 10. The number of nitrogens with zero attached hydrogens (tertiary/aromatic N) is 2. The summed E-state index contributed by atoms with van der Waals surface area (Å²) < 4.78 is 2.18. The van der Waals surface area contributed by atoms with Gasteiger partial charge in [-0.25, -0.2) is 0 Å². The van der Waals surface area contributed by atoms with Gasteiger partial charge in [0.25, 0.3) is 0 Å². The zero-order valence-corrected chi connectivity index (χ0v) is 14.1. The first-order valence-corrected chi connectivity index (χ1v) is 8.45. The maximum atomic E-state index is 4.67. The summed E-state index contributed by atoms with van der Waals surface area (Å²) in [5.74, 6) is 0.719. The molecule has 20 heavy (non-hydrogen) atoms. The molecule has 1 aromatic heterocycles. The van der Waals surface area contributed by atoms with E-state index in [4.69, 9.17) is 0 Å². The molecule has 0 spiro atoms. The van der Waals surface area contributed by atoms with Crippen LogP contribution in [0.5, 0.6) is 0 Å². The number of hydrogen-bond acceptors (Lipinski definition) is 2. The molecule has 0 saturated carbocycles. The first-order chi connectivity index (χ1) is 9.65. The molecule has 0 fully saturated rings. The van der Waals surface area contributed by atoms with Crippen molar-refractivity contribution in [2.45, 2.75) is 79.3 Å². The molecule has 2 atom stereocenters. The smallest absolute Gasteiger partial charge is 0.0624 e. The Morgan fingerprint density at radius 2 is 1.95 bits per heavy atom. The minimum absolute atomic E-state index is 0.571. The highest BCUT2D eigenvalue weighted by Crippen LogP contribution is 2.17. The van der Waals surface area contributed by atoms with Crippen LogP contribution in [0.4, 0.5) is 0 Å². The van der Waals surface area contributed by atoms with Crippen LogP contribution in [0.2, 0.25) is 0 Å². The molecule has 0 aliphatic heterocycles. The lowest BCUT2D eigenvalue weighted by atomic mass is 9.93. The standard InChI is InChI=1S/C17H33N3/c1-6-10-14(5)17(18-11-7-2)13-16-12-15(8-3)19-20(16)9-4/h12,14,17-18H,6-11,13H2,1-5H3. The topological polar surface area (TPSA) is 29.9 Å². The lowest BCUT2D eigenvalue weighted by molar-refractivity contribution is 0.346. The van der Waals surface area contributed by atoms with Crippen LogP contribution in [-0.4, -0.2) is 22.4 Å². The Morgan fingerprint density at radius 3 is 2.50 bits per heavy atom. The van der Waals surface area contributed by atoms with Crippen molar-refractivity contribution in [3.05, 3.63) is 17.5 Å². The molecule has 2 unspecified atom stereocenters. The monoisotopic (exact) mass is 279 g/mol. The SMILES string of the molecule is CCCNC(Cc1cc(CC)nn1CC)C(C)CCC. The van der Waals surface area contributed by atoms with Gasteiger partial charge < -0.3 is 5.32 Å². The van der Waals surface area contributed by atoms with Crippen molar-refractivity contribution in [3.63, 3.8) is 0 Å². The molecular weight excluding hydrogens is 246 g/mol. The van der Waals surface area contributed by atoms with E-state index in [1.54, 1.807) is 0 Å². The van der Waals surface area contributed by atoms with Gasteiger partial charge in [0.05, 0.1) is 5.69 Å². The molecule has 116 valence electrons. The molecule has 0 aliphatic carbocycles. The van der Waals surface area contributed by atoms with E-state index in [9.17, 15) is 0 Å². The summed E-state index contributed by atoms with van der Waals surface area (Å²) in [5.41, 5.74) is 2.61.